The first-order valence-electron chi connectivity index (χ1n) is 8.27. The van der Waals surface area contributed by atoms with Gasteiger partial charge in [0.2, 0.25) is 0 Å². The smallest absolute Gasteiger partial charge is 0.433 e. The molecule has 29 heavy (non-hydrogen) atoms. The Kier molecular flexibility index (Phi) is 5.30. The molecule has 0 saturated carbocycles. The lowest BCUT2D eigenvalue weighted by molar-refractivity contribution is -0.141. The number of hydrogen-bond donors (Lipinski definition) is 2. The summed E-state index contributed by atoms with van der Waals surface area (Å²) in [4.78, 5) is 7.11. The van der Waals surface area contributed by atoms with Gasteiger partial charge in [-0.25, -0.2) is 4.98 Å². The highest BCUT2D eigenvalue weighted by atomic mass is 19.4. The molecule has 2 aromatic heterocycles. The molecule has 0 unspecified atom stereocenters. The number of ether oxygens (including phenoxy) is 1. The molecule has 7 nitrogen and oxygen atoms in total. The number of benzene rings is 1. The molecule has 2 heterocycles. The summed E-state index contributed by atoms with van der Waals surface area (Å²) in [5.41, 5.74) is -2.23. The molecule has 0 aliphatic rings. The minimum Gasteiger partial charge on any atom is -0.435 e. The van der Waals surface area contributed by atoms with Gasteiger partial charge in [-0.2, -0.15) is 36.6 Å². The number of nitrogens with one attached hydrogen (secondary N) is 1. The van der Waals surface area contributed by atoms with E-state index in [2.05, 4.69) is 25.1 Å². The molecule has 1 atom stereocenters. The fourth-order valence-corrected chi connectivity index (χ4v) is 2.72. The normalized spacial score (nSPS) is 13.7. The van der Waals surface area contributed by atoms with Gasteiger partial charge in [-0.05, 0) is 31.5 Å². The second-order valence-electron chi connectivity index (χ2n) is 6.67. The van der Waals surface area contributed by atoms with Crippen molar-refractivity contribution in [3.05, 3.63) is 47.9 Å². The van der Waals surface area contributed by atoms with Crippen LogP contribution in [0.2, 0.25) is 0 Å². The Balaban J connectivity index is 2.01. The van der Waals surface area contributed by atoms with Gasteiger partial charge in [0.15, 0.2) is 5.69 Å². The third-order valence-corrected chi connectivity index (χ3v) is 3.98. The number of aromatic nitrogens is 4. The second kappa shape index (κ2) is 7.43. The summed E-state index contributed by atoms with van der Waals surface area (Å²) in [7, 11) is 0. The maximum Gasteiger partial charge on any atom is 0.433 e. The van der Waals surface area contributed by atoms with Crippen LogP contribution in [-0.2, 0) is 6.18 Å². The van der Waals surface area contributed by atoms with Crippen molar-refractivity contribution in [3.8, 4) is 5.75 Å². The van der Waals surface area contributed by atoms with E-state index in [1.54, 1.807) is 0 Å². The average molecular weight is 417 g/mol. The Bertz CT molecular complexity index is 983. The van der Waals surface area contributed by atoms with E-state index < -0.39 is 30.1 Å². The summed E-state index contributed by atoms with van der Waals surface area (Å²) in [6.07, 6.45) is -3.67. The fraction of sp³-hybridized carbons (Fsp3) is 0.353. The molecule has 156 valence electrons. The molecule has 0 saturated heterocycles. The predicted octanol–water partition coefficient (Wildman–Crippen LogP) is 3.67. The van der Waals surface area contributed by atoms with Gasteiger partial charge in [0.25, 0.3) is 5.78 Å². The van der Waals surface area contributed by atoms with Crippen molar-refractivity contribution in [1.29, 1.82) is 0 Å². The van der Waals surface area contributed by atoms with Gasteiger partial charge in [-0.1, -0.05) is 12.1 Å². The minimum absolute atomic E-state index is 0.0971. The molecule has 0 spiro atoms. The van der Waals surface area contributed by atoms with E-state index in [1.807, 2.05) is 0 Å². The van der Waals surface area contributed by atoms with Crippen LogP contribution in [-0.4, -0.2) is 36.9 Å². The van der Waals surface area contributed by atoms with E-state index in [9.17, 15) is 27.1 Å². The van der Waals surface area contributed by atoms with Crippen molar-refractivity contribution in [2.75, 3.05) is 5.32 Å². The predicted molar refractivity (Wildman–Crippen MR) is 91.5 cm³/mol. The zero-order chi connectivity index (χ0) is 21.4. The largest absolute Gasteiger partial charge is 0.435 e. The van der Waals surface area contributed by atoms with Crippen molar-refractivity contribution in [1.82, 2.24) is 19.6 Å². The third-order valence-electron chi connectivity index (χ3n) is 3.98. The summed E-state index contributed by atoms with van der Waals surface area (Å²) < 4.78 is 69.5. The first-order chi connectivity index (χ1) is 13.4. The van der Waals surface area contributed by atoms with Crippen molar-refractivity contribution in [2.45, 2.75) is 38.3 Å². The lowest BCUT2D eigenvalue weighted by Crippen LogP contribution is -2.35. The maximum atomic E-state index is 13.2. The van der Waals surface area contributed by atoms with Crippen molar-refractivity contribution in [2.24, 2.45) is 0 Å². The molecule has 0 bridgehead atoms. The third kappa shape index (κ3) is 4.70. The first kappa shape index (κ1) is 20.7. The van der Waals surface area contributed by atoms with Crippen LogP contribution < -0.4 is 10.1 Å². The topological polar surface area (TPSA) is 84.6 Å². The number of nitrogens with zero attached hydrogens (tertiary/aromatic N) is 4. The quantitative estimate of drug-likeness (QED) is 0.596. The van der Waals surface area contributed by atoms with Gasteiger partial charge in [0, 0.05) is 6.07 Å². The fourth-order valence-electron chi connectivity index (χ4n) is 2.72. The Morgan fingerprint density at radius 2 is 1.79 bits per heavy atom. The van der Waals surface area contributed by atoms with Gasteiger partial charge in [0.05, 0.1) is 11.6 Å². The Morgan fingerprint density at radius 3 is 2.34 bits per heavy atom. The summed E-state index contributed by atoms with van der Waals surface area (Å²) in [6.45, 7) is -0.112. The standard InChI is InChI=1S/C17H16F5N5O2/c1-16(2,28)13(9-3-5-10(6-4-9)29-14(18)19)26-12-7-11(17(20,21)22)25-15-23-8-24-27(12)15/h3-8,13-14,26,28H,1-2H3/t13-/m1/s1. The van der Waals surface area contributed by atoms with Crippen LogP contribution >= 0.6 is 0 Å². The SMILES string of the molecule is CC(C)(O)[C@H](Nc1cc(C(F)(F)F)nc2ncnn12)c1ccc(OC(F)F)cc1. The maximum absolute atomic E-state index is 13.2. The second-order valence-corrected chi connectivity index (χ2v) is 6.67. The Morgan fingerprint density at radius 1 is 1.14 bits per heavy atom. The average Bonchev–Trinajstić information content (AvgIpc) is 3.07. The molecule has 2 N–H and O–H groups in total. The van der Waals surface area contributed by atoms with Crippen molar-refractivity contribution >= 4 is 11.6 Å². The Hall–Kier alpha value is -3.02. The monoisotopic (exact) mass is 417 g/mol. The number of hydrogen-bond acceptors (Lipinski definition) is 6. The molecule has 3 aromatic rings. The van der Waals surface area contributed by atoms with Gasteiger partial charge >= 0.3 is 12.8 Å². The van der Waals surface area contributed by atoms with Gasteiger partial charge < -0.3 is 15.2 Å². The van der Waals surface area contributed by atoms with Gasteiger partial charge in [0.1, 0.15) is 17.9 Å². The van der Waals surface area contributed by atoms with E-state index in [0.717, 1.165) is 16.9 Å². The molecule has 0 radical (unpaired) electrons. The van der Waals surface area contributed by atoms with Crippen LogP contribution in [0.4, 0.5) is 27.8 Å². The van der Waals surface area contributed by atoms with E-state index in [0.29, 0.717) is 5.56 Å². The number of aliphatic hydroxyl groups is 1. The summed E-state index contributed by atoms with van der Waals surface area (Å²) in [5, 5.41) is 17.2. The van der Waals surface area contributed by atoms with Crippen LogP contribution in [0.5, 0.6) is 5.75 Å². The number of alkyl halides is 5. The highest BCUT2D eigenvalue weighted by Crippen LogP contribution is 2.34. The van der Waals surface area contributed by atoms with E-state index in [-0.39, 0.29) is 17.3 Å². The van der Waals surface area contributed by atoms with Crippen LogP contribution in [0.1, 0.15) is 31.1 Å². The molecular formula is C17H16F5N5O2. The molecule has 0 amide bonds. The first-order valence-corrected chi connectivity index (χ1v) is 8.27. The summed E-state index contributed by atoms with van der Waals surface area (Å²) >= 11 is 0. The zero-order valence-corrected chi connectivity index (χ0v) is 15.2. The molecule has 0 aliphatic heterocycles. The lowest BCUT2D eigenvalue weighted by atomic mass is 9.91. The van der Waals surface area contributed by atoms with E-state index in [4.69, 9.17) is 0 Å². The van der Waals surface area contributed by atoms with Crippen LogP contribution in [0.25, 0.3) is 5.78 Å². The lowest BCUT2D eigenvalue weighted by Gasteiger charge is -2.31. The number of halogens is 5. The van der Waals surface area contributed by atoms with E-state index in [1.165, 1.54) is 38.1 Å². The minimum atomic E-state index is -4.72. The summed E-state index contributed by atoms with van der Waals surface area (Å²) in [6, 6.07) is 5.17. The highest BCUT2D eigenvalue weighted by Gasteiger charge is 2.35. The number of fused-ring (bicyclic) bond motifs is 1. The molecule has 0 aliphatic carbocycles. The molecule has 12 heteroatoms. The van der Waals surface area contributed by atoms with Gasteiger partial charge in [-0.15, -0.1) is 0 Å². The van der Waals surface area contributed by atoms with Crippen LogP contribution in [0, 0.1) is 0 Å². The molecule has 0 fully saturated rings. The highest BCUT2D eigenvalue weighted by molar-refractivity contribution is 5.48. The Labute approximate surface area is 161 Å². The van der Waals surface area contributed by atoms with Crippen molar-refractivity contribution < 1.29 is 31.8 Å². The van der Waals surface area contributed by atoms with Gasteiger partial charge in [-0.3, -0.25) is 0 Å². The number of rotatable bonds is 6. The van der Waals surface area contributed by atoms with Crippen LogP contribution in [0.15, 0.2) is 36.7 Å². The number of anilines is 1. The molecule has 1 aromatic carbocycles. The van der Waals surface area contributed by atoms with Crippen LogP contribution in [0.3, 0.4) is 0 Å². The zero-order valence-electron chi connectivity index (χ0n) is 15.2. The molecule has 3 rings (SSSR count). The molecular weight excluding hydrogens is 401 g/mol. The van der Waals surface area contributed by atoms with Crippen molar-refractivity contribution in [3.63, 3.8) is 0 Å². The summed E-state index contributed by atoms with van der Waals surface area (Å²) in [5.74, 6) is -0.488. The van der Waals surface area contributed by atoms with E-state index >= 15 is 0 Å².